The summed E-state index contributed by atoms with van der Waals surface area (Å²) in [4.78, 5) is 0. The largest absolute Gasteiger partial charge is 0.314 e. The zero-order valence-corrected chi connectivity index (χ0v) is 14.0. The second-order valence-corrected chi connectivity index (χ2v) is 7.35. The Morgan fingerprint density at radius 2 is 1.70 bits per heavy atom. The number of hydrogen-bond donors (Lipinski definition) is 1. The second-order valence-electron chi connectivity index (χ2n) is 6.95. The Labute approximate surface area is 129 Å². The van der Waals surface area contributed by atoms with Crippen molar-refractivity contribution in [2.45, 2.75) is 52.5 Å². The van der Waals surface area contributed by atoms with Crippen molar-refractivity contribution < 1.29 is 0 Å². The van der Waals surface area contributed by atoms with Crippen molar-refractivity contribution in [3.8, 4) is 0 Å². The summed E-state index contributed by atoms with van der Waals surface area (Å²) in [6.07, 6.45) is 2.46. The SMILES string of the molecule is CC(C)C(CNC1CC(c2ccccc2Cl)C1)C(C)C. The minimum absolute atomic E-state index is 0.651. The minimum atomic E-state index is 0.651. The number of hydrogen-bond acceptors (Lipinski definition) is 1. The fourth-order valence-corrected chi connectivity index (χ4v) is 3.68. The van der Waals surface area contributed by atoms with Gasteiger partial charge in [0.2, 0.25) is 0 Å². The highest BCUT2D eigenvalue weighted by Gasteiger charge is 2.31. The molecule has 2 rings (SSSR count). The molecule has 0 radical (unpaired) electrons. The molecule has 0 amide bonds. The van der Waals surface area contributed by atoms with Gasteiger partial charge in [-0.15, -0.1) is 0 Å². The molecule has 0 saturated heterocycles. The van der Waals surface area contributed by atoms with E-state index in [0.29, 0.717) is 12.0 Å². The quantitative estimate of drug-likeness (QED) is 0.769. The van der Waals surface area contributed by atoms with Crippen molar-refractivity contribution >= 4 is 11.6 Å². The van der Waals surface area contributed by atoms with Gasteiger partial charge in [-0.25, -0.2) is 0 Å². The Morgan fingerprint density at radius 1 is 1.10 bits per heavy atom. The lowest BCUT2D eigenvalue weighted by molar-refractivity contribution is 0.225. The van der Waals surface area contributed by atoms with Crippen LogP contribution in [0.4, 0.5) is 0 Å². The molecule has 0 atom stereocenters. The van der Waals surface area contributed by atoms with Crippen LogP contribution in [0, 0.1) is 17.8 Å². The Balaban J connectivity index is 1.78. The fourth-order valence-electron chi connectivity index (χ4n) is 3.39. The molecule has 1 N–H and O–H groups in total. The predicted octanol–water partition coefficient (Wildman–Crippen LogP) is 5.10. The van der Waals surface area contributed by atoms with Crippen molar-refractivity contribution in [3.63, 3.8) is 0 Å². The van der Waals surface area contributed by atoms with Crippen molar-refractivity contribution in [1.82, 2.24) is 5.32 Å². The summed E-state index contributed by atoms with van der Waals surface area (Å²) < 4.78 is 0. The Kier molecular flexibility index (Phi) is 5.51. The third-order valence-corrected chi connectivity index (χ3v) is 5.18. The number of benzene rings is 1. The number of nitrogens with one attached hydrogen (secondary N) is 1. The van der Waals surface area contributed by atoms with E-state index < -0.39 is 0 Å². The van der Waals surface area contributed by atoms with Crippen LogP contribution in [0.5, 0.6) is 0 Å². The average molecular weight is 294 g/mol. The molecule has 0 heterocycles. The average Bonchev–Trinajstić information content (AvgIpc) is 2.32. The summed E-state index contributed by atoms with van der Waals surface area (Å²) in [6.45, 7) is 10.5. The standard InChI is InChI=1S/C18H28ClN/c1-12(2)17(13(3)4)11-20-15-9-14(10-15)16-7-5-6-8-18(16)19/h5-8,12-15,17,20H,9-11H2,1-4H3. The summed E-state index contributed by atoms with van der Waals surface area (Å²) in [5, 5.41) is 4.69. The first-order valence-electron chi connectivity index (χ1n) is 7.96. The van der Waals surface area contributed by atoms with Gasteiger partial charge in [0.1, 0.15) is 0 Å². The van der Waals surface area contributed by atoms with Gasteiger partial charge in [-0.2, -0.15) is 0 Å². The summed E-state index contributed by atoms with van der Waals surface area (Å²) >= 11 is 6.27. The third kappa shape index (κ3) is 3.77. The molecule has 0 unspecified atom stereocenters. The molecule has 1 aromatic rings. The summed E-state index contributed by atoms with van der Waals surface area (Å²) in [7, 11) is 0. The molecule has 1 saturated carbocycles. The number of halogens is 1. The van der Waals surface area contributed by atoms with Crippen molar-refractivity contribution in [2.75, 3.05) is 6.54 Å². The normalized spacial score (nSPS) is 22.6. The molecule has 1 aliphatic carbocycles. The van der Waals surface area contributed by atoms with Crippen molar-refractivity contribution in [3.05, 3.63) is 34.9 Å². The number of rotatable bonds is 6. The summed E-state index contributed by atoms with van der Waals surface area (Å²) in [6, 6.07) is 8.96. The molecule has 0 aliphatic heterocycles. The Bertz CT molecular complexity index is 413. The molecule has 20 heavy (non-hydrogen) atoms. The summed E-state index contributed by atoms with van der Waals surface area (Å²) in [5.41, 5.74) is 1.33. The maximum Gasteiger partial charge on any atom is 0.0440 e. The highest BCUT2D eigenvalue weighted by atomic mass is 35.5. The molecular weight excluding hydrogens is 266 g/mol. The molecule has 0 spiro atoms. The van der Waals surface area contributed by atoms with E-state index >= 15 is 0 Å². The van der Waals surface area contributed by atoms with Crippen LogP contribution in [0.25, 0.3) is 0 Å². The molecular formula is C18H28ClN. The van der Waals surface area contributed by atoms with E-state index in [-0.39, 0.29) is 0 Å². The maximum atomic E-state index is 6.27. The molecule has 0 aromatic heterocycles. The molecule has 1 aromatic carbocycles. The molecule has 1 nitrogen and oxygen atoms in total. The van der Waals surface area contributed by atoms with Gasteiger partial charge in [0, 0.05) is 11.1 Å². The Morgan fingerprint density at radius 3 is 2.25 bits per heavy atom. The zero-order chi connectivity index (χ0) is 14.7. The highest BCUT2D eigenvalue weighted by Crippen LogP contribution is 2.40. The van der Waals surface area contributed by atoms with Crippen LogP contribution in [0.2, 0.25) is 5.02 Å². The van der Waals surface area contributed by atoms with Crippen LogP contribution >= 0.6 is 11.6 Å². The van der Waals surface area contributed by atoms with Crippen molar-refractivity contribution in [1.29, 1.82) is 0 Å². The van der Waals surface area contributed by atoms with Crippen molar-refractivity contribution in [2.24, 2.45) is 17.8 Å². The minimum Gasteiger partial charge on any atom is -0.314 e. The highest BCUT2D eigenvalue weighted by molar-refractivity contribution is 6.31. The van der Waals surface area contributed by atoms with E-state index in [4.69, 9.17) is 11.6 Å². The van der Waals surface area contributed by atoms with E-state index in [1.165, 1.54) is 18.4 Å². The van der Waals surface area contributed by atoms with Crippen LogP contribution in [0.1, 0.15) is 52.0 Å². The lowest BCUT2D eigenvalue weighted by atomic mass is 9.75. The van der Waals surface area contributed by atoms with Crippen LogP contribution in [-0.2, 0) is 0 Å². The zero-order valence-electron chi connectivity index (χ0n) is 13.2. The van der Waals surface area contributed by atoms with Gasteiger partial charge >= 0.3 is 0 Å². The third-order valence-electron chi connectivity index (χ3n) is 4.84. The topological polar surface area (TPSA) is 12.0 Å². The lowest BCUT2D eigenvalue weighted by Gasteiger charge is -2.38. The molecule has 0 bridgehead atoms. The lowest BCUT2D eigenvalue weighted by Crippen LogP contribution is -2.43. The van der Waals surface area contributed by atoms with Gasteiger partial charge in [0.25, 0.3) is 0 Å². The molecule has 2 heteroatoms. The molecule has 1 aliphatic rings. The van der Waals surface area contributed by atoms with Crippen LogP contribution in [-0.4, -0.2) is 12.6 Å². The first kappa shape index (κ1) is 15.9. The van der Waals surface area contributed by atoms with Gasteiger partial charge < -0.3 is 5.32 Å². The monoisotopic (exact) mass is 293 g/mol. The maximum absolute atomic E-state index is 6.27. The van der Waals surface area contributed by atoms with Gasteiger partial charge in [-0.1, -0.05) is 57.5 Å². The van der Waals surface area contributed by atoms with E-state index in [9.17, 15) is 0 Å². The van der Waals surface area contributed by atoms with Crippen LogP contribution < -0.4 is 5.32 Å². The van der Waals surface area contributed by atoms with Gasteiger partial charge in [-0.3, -0.25) is 0 Å². The summed E-state index contributed by atoms with van der Waals surface area (Å²) in [5.74, 6) is 2.93. The van der Waals surface area contributed by atoms with E-state index in [1.54, 1.807) is 0 Å². The smallest absolute Gasteiger partial charge is 0.0440 e. The van der Waals surface area contributed by atoms with Gasteiger partial charge in [0.05, 0.1) is 0 Å². The Hall–Kier alpha value is -0.530. The first-order valence-corrected chi connectivity index (χ1v) is 8.34. The predicted molar refractivity (Wildman–Crippen MR) is 88.4 cm³/mol. The van der Waals surface area contributed by atoms with E-state index in [2.05, 4.69) is 45.1 Å². The van der Waals surface area contributed by atoms with E-state index in [1.807, 2.05) is 12.1 Å². The van der Waals surface area contributed by atoms with Gasteiger partial charge in [-0.05, 0) is 54.7 Å². The van der Waals surface area contributed by atoms with E-state index in [0.717, 1.165) is 29.3 Å². The second kappa shape index (κ2) is 6.95. The first-order chi connectivity index (χ1) is 9.49. The van der Waals surface area contributed by atoms with Crippen LogP contribution in [0.15, 0.2) is 24.3 Å². The molecule has 1 fully saturated rings. The fraction of sp³-hybridized carbons (Fsp3) is 0.667. The van der Waals surface area contributed by atoms with Crippen LogP contribution in [0.3, 0.4) is 0 Å². The molecule has 112 valence electrons. The van der Waals surface area contributed by atoms with Gasteiger partial charge in [0.15, 0.2) is 0 Å².